The Labute approximate surface area is 190 Å². The van der Waals surface area contributed by atoms with Crippen molar-refractivity contribution >= 4 is 10.8 Å². The molecule has 0 aliphatic heterocycles. The summed E-state index contributed by atoms with van der Waals surface area (Å²) in [6.45, 7) is 6.89. The lowest BCUT2D eigenvalue weighted by atomic mass is 9.82. The SMILES string of the molecule is Cc1ccc2ccccc2c1-c1ccc(-c2cccc3c2-c2ccccc2C3(C)C)cc1. The number of aryl methyl sites for hydroxylation is 1. The van der Waals surface area contributed by atoms with E-state index in [9.17, 15) is 0 Å². The second-order valence-electron chi connectivity index (χ2n) is 9.45. The zero-order chi connectivity index (χ0) is 21.9. The van der Waals surface area contributed by atoms with E-state index in [1.165, 1.54) is 60.8 Å². The van der Waals surface area contributed by atoms with Gasteiger partial charge in [0.1, 0.15) is 0 Å². The Balaban J connectivity index is 1.51. The van der Waals surface area contributed by atoms with Crippen LogP contribution in [0, 0.1) is 6.92 Å². The van der Waals surface area contributed by atoms with E-state index in [4.69, 9.17) is 0 Å². The van der Waals surface area contributed by atoms with Crippen molar-refractivity contribution in [3.05, 3.63) is 120 Å². The summed E-state index contributed by atoms with van der Waals surface area (Å²) in [4.78, 5) is 0. The van der Waals surface area contributed by atoms with E-state index in [-0.39, 0.29) is 5.41 Å². The fraction of sp³-hybridized carbons (Fsp3) is 0.125. The monoisotopic (exact) mass is 410 g/mol. The molecule has 0 nitrogen and oxygen atoms in total. The van der Waals surface area contributed by atoms with Gasteiger partial charge in [-0.05, 0) is 67.8 Å². The molecule has 5 aromatic carbocycles. The maximum Gasteiger partial charge on any atom is 0.0159 e. The third kappa shape index (κ3) is 2.69. The number of rotatable bonds is 2. The van der Waals surface area contributed by atoms with Gasteiger partial charge in [0, 0.05) is 5.41 Å². The van der Waals surface area contributed by atoms with Crippen molar-refractivity contribution in [3.63, 3.8) is 0 Å². The third-order valence-electron chi connectivity index (χ3n) is 7.23. The van der Waals surface area contributed by atoms with Crippen LogP contribution in [0.3, 0.4) is 0 Å². The van der Waals surface area contributed by atoms with Crippen molar-refractivity contribution < 1.29 is 0 Å². The molecule has 0 aromatic heterocycles. The number of fused-ring (bicyclic) bond motifs is 4. The maximum absolute atomic E-state index is 2.34. The molecule has 32 heavy (non-hydrogen) atoms. The van der Waals surface area contributed by atoms with Crippen LogP contribution < -0.4 is 0 Å². The van der Waals surface area contributed by atoms with E-state index in [0.29, 0.717) is 0 Å². The third-order valence-corrected chi connectivity index (χ3v) is 7.23. The molecule has 0 fully saturated rings. The Hall–Kier alpha value is -3.64. The lowest BCUT2D eigenvalue weighted by Crippen LogP contribution is -2.14. The van der Waals surface area contributed by atoms with Gasteiger partial charge in [-0.3, -0.25) is 0 Å². The molecule has 5 aromatic rings. The first-order valence-electron chi connectivity index (χ1n) is 11.4. The largest absolute Gasteiger partial charge is 0.0619 e. The van der Waals surface area contributed by atoms with Crippen LogP contribution in [0.2, 0.25) is 0 Å². The summed E-state index contributed by atoms with van der Waals surface area (Å²) in [5.41, 5.74) is 12.2. The summed E-state index contributed by atoms with van der Waals surface area (Å²) in [5.74, 6) is 0. The molecule has 0 radical (unpaired) electrons. The molecule has 0 unspecified atom stereocenters. The second-order valence-corrected chi connectivity index (χ2v) is 9.45. The van der Waals surface area contributed by atoms with Gasteiger partial charge in [-0.25, -0.2) is 0 Å². The quantitative estimate of drug-likeness (QED) is 0.273. The number of benzene rings is 5. The van der Waals surface area contributed by atoms with E-state index >= 15 is 0 Å². The van der Waals surface area contributed by atoms with Crippen molar-refractivity contribution in [2.24, 2.45) is 0 Å². The highest BCUT2D eigenvalue weighted by atomic mass is 14.4. The molecule has 0 saturated carbocycles. The molecule has 0 heterocycles. The van der Waals surface area contributed by atoms with Gasteiger partial charge in [0.25, 0.3) is 0 Å². The fourth-order valence-electron chi connectivity index (χ4n) is 5.58. The van der Waals surface area contributed by atoms with Crippen LogP contribution in [0.4, 0.5) is 0 Å². The molecule has 0 atom stereocenters. The van der Waals surface area contributed by atoms with Crippen molar-refractivity contribution in [2.45, 2.75) is 26.2 Å². The normalized spacial score (nSPS) is 13.7. The van der Waals surface area contributed by atoms with E-state index in [2.05, 4.69) is 124 Å². The zero-order valence-corrected chi connectivity index (χ0v) is 18.8. The summed E-state index contributed by atoms with van der Waals surface area (Å²) in [7, 11) is 0. The van der Waals surface area contributed by atoms with Crippen LogP contribution in [0.1, 0.15) is 30.5 Å². The fourth-order valence-corrected chi connectivity index (χ4v) is 5.58. The maximum atomic E-state index is 2.34. The molecule has 1 aliphatic carbocycles. The first kappa shape index (κ1) is 19.1. The number of hydrogen-bond donors (Lipinski definition) is 0. The molecule has 0 saturated heterocycles. The highest BCUT2D eigenvalue weighted by molar-refractivity contribution is 5.99. The minimum absolute atomic E-state index is 0.0297. The Morgan fingerprint density at radius 3 is 2.00 bits per heavy atom. The van der Waals surface area contributed by atoms with E-state index < -0.39 is 0 Å². The van der Waals surface area contributed by atoms with Crippen molar-refractivity contribution in [1.29, 1.82) is 0 Å². The zero-order valence-electron chi connectivity index (χ0n) is 18.8. The summed E-state index contributed by atoms with van der Waals surface area (Å²) >= 11 is 0. The Bertz CT molecular complexity index is 1480. The van der Waals surface area contributed by atoms with Crippen LogP contribution in [0.25, 0.3) is 44.2 Å². The lowest BCUT2D eigenvalue weighted by Gasteiger charge is -2.21. The summed E-state index contributed by atoms with van der Waals surface area (Å²) in [5, 5.41) is 2.61. The summed E-state index contributed by atoms with van der Waals surface area (Å²) in [6, 6.07) is 37.9. The van der Waals surface area contributed by atoms with Gasteiger partial charge < -0.3 is 0 Å². The molecular weight excluding hydrogens is 384 g/mol. The van der Waals surface area contributed by atoms with Gasteiger partial charge >= 0.3 is 0 Å². The van der Waals surface area contributed by atoms with Crippen molar-refractivity contribution in [1.82, 2.24) is 0 Å². The highest BCUT2D eigenvalue weighted by Crippen LogP contribution is 2.51. The smallest absolute Gasteiger partial charge is 0.0159 e. The van der Waals surface area contributed by atoms with Crippen LogP contribution in [-0.2, 0) is 5.41 Å². The Morgan fingerprint density at radius 2 is 1.16 bits per heavy atom. The van der Waals surface area contributed by atoms with Crippen molar-refractivity contribution in [2.75, 3.05) is 0 Å². The first-order chi connectivity index (χ1) is 15.6. The van der Waals surface area contributed by atoms with Crippen LogP contribution in [0.15, 0.2) is 103 Å². The standard InChI is InChI=1S/C32H26/c1-21-15-16-22-9-4-5-10-25(22)30(21)24-19-17-23(18-20-24)26-12-8-14-29-31(26)27-11-6-7-13-28(27)32(29,2)3/h4-20H,1-3H3. The van der Waals surface area contributed by atoms with E-state index in [0.717, 1.165) is 0 Å². The van der Waals surface area contributed by atoms with E-state index in [1.807, 2.05) is 0 Å². The second kappa shape index (κ2) is 6.93. The molecule has 0 spiro atoms. The highest BCUT2D eigenvalue weighted by Gasteiger charge is 2.36. The predicted molar refractivity (Wildman–Crippen MR) is 137 cm³/mol. The minimum atomic E-state index is 0.0297. The average molecular weight is 411 g/mol. The van der Waals surface area contributed by atoms with E-state index in [1.54, 1.807) is 0 Å². The Morgan fingerprint density at radius 1 is 0.500 bits per heavy atom. The summed E-state index contributed by atoms with van der Waals surface area (Å²) in [6.07, 6.45) is 0. The van der Waals surface area contributed by atoms with Gasteiger partial charge in [-0.2, -0.15) is 0 Å². The molecule has 0 heteroatoms. The average Bonchev–Trinajstić information content (AvgIpc) is 3.07. The topological polar surface area (TPSA) is 0 Å². The van der Waals surface area contributed by atoms with Gasteiger partial charge in [0.15, 0.2) is 0 Å². The van der Waals surface area contributed by atoms with Gasteiger partial charge in [-0.15, -0.1) is 0 Å². The van der Waals surface area contributed by atoms with Crippen molar-refractivity contribution in [3.8, 4) is 33.4 Å². The molecule has 0 bridgehead atoms. The molecule has 6 rings (SSSR count). The predicted octanol–water partition coefficient (Wildman–Crippen LogP) is 8.79. The number of hydrogen-bond acceptors (Lipinski definition) is 0. The van der Waals surface area contributed by atoms with Gasteiger partial charge in [0.05, 0.1) is 0 Å². The minimum Gasteiger partial charge on any atom is -0.0619 e. The van der Waals surface area contributed by atoms with Gasteiger partial charge in [0.2, 0.25) is 0 Å². The lowest BCUT2D eigenvalue weighted by molar-refractivity contribution is 0.660. The first-order valence-corrected chi connectivity index (χ1v) is 11.4. The van der Waals surface area contributed by atoms with Crippen LogP contribution in [-0.4, -0.2) is 0 Å². The Kier molecular flexibility index (Phi) is 4.13. The molecule has 0 amide bonds. The van der Waals surface area contributed by atoms with Crippen LogP contribution in [0.5, 0.6) is 0 Å². The molecule has 0 N–H and O–H groups in total. The summed E-state index contributed by atoms with van der Waals surface area (Å²) < 4.78 is 0. The molecule has 1 aliphatic rings. The van der Waals surface area contributed by atoms with Crippen LogP contribution >= 0.6 is 0 Å². The molecular formula is C32H26. The van der Waals surface area contributed by atoms with Gasteiger partial charge in [-0.1, -0.05) is 117 Å². The molecule has 154 valence electrons.